The minimum atomic E-state index is -0.127. The third-order valence-electron chi connectivity index (χ3n) is 3.12. The maximum atomic E-state index is 12.0. The molecule has 1 aromatic rings. The van der Waals surface area contributed by atoms with Gasteiger partial charge in [0.1, 0.15) is 5.76 Å². The molecule has 0 bridgehead atoms. The van der Waals surface area contributed by atoms with Gasteiger partial charge in [0.05, 0.1) is 31.4 Å². The van der Waals surface area contributed by atoms with Crippen LogP contribution in [0.25, 0.3) is 0 Å². The highest BCUT2D eigenvalue weighted by atomic mass is 16.5. The molecule has 5 heteroatoms. The summed E-state index contributed by atoms with van der Waals surface area (Å²) in [6.45, 7) is 2.97. The predicted molar refractivity (Wildman–Crippen MR) is 62.4 cm³/mol. The van der Waals surface area contributed by atoms with Crippen molar-refractivity contribution in [3.05, 3.63) is 24.2 Å². The summed E-state index contributed by atoms with van der Waals surface area (Å²) < 4.78 is 10.6. The topological polar surface area (TPSA) is 63.5 Å². The Hall–Kier alpha value is -1.33. The number of furan rings is 1. The SMILES string of the molecule is CNC1COCC1C(=O)NC(C)c1ccco1. The first-order valence-electron chi connectivity index (χ1n) is 5.81. The molecule has 3 atom stereocenters. The van der Waals surface area contributed by atoms with Crippen LogP contribution < -0.4 is 10.6 Å². The molecule has 17 heavy (non-hydrogen) atoms. The summed E-state index contributed by atoms with van der Waals surface area (Å²) in [6, 6.07) is 3.65. The standard InChI is InChI=1S/C12H18N2O3/c1-8(11-4-3-5-17-11)14-12(15)9-6-16-7-10(9)13-2/h3-5,8-10,13H,6-7H2,1-2H3,(H,14,15). The number of rotatable bonds is 4. The van der Waals surface area contributed by atoms with Gasteiger partial charge in [-0.3, -0.25) is 4.79 Å². The summed E-state index contributed by atoms with van der Waals surface area (Å²) >= 11 is 0. The Labute approximate surface area is 101 Å². The van der Waals surface area contributed by atoms with Gasteiger partial charge in [0.2, 0.25) is 5.91 Å². The first-order chi connectivity index (χ1) is 8.22. The number of ether oxygens (including phenoxy) is 1. The Kier molecular flexibility index (Phi) is 3.81. The summed E-state index contributed by atoms with van der Waals surface area (Å²) in [5.74, 6) is 0.640. The number of carbonyl (C=O) groups is 1. The van der Waals surface area contributed by atoms with Crippen LogP contribution in [0.15, 0.2) is 22.8 Å². The second-order valence-electron chi connectivity index (χ2n) is 4.28. The number of carbonyl (C=O) groups excluding carboxylic acids is 1. The third-order valence-corrected chi connectivity index (χ3v) is 3.12. The van der Waals surface area contributed by atoms with Crippen LogP contribution in [0, 0.1) is 5.92 Å². The third kappa shape index (κ3) is 2.68. The van der Waals surface area contributed by atoms with Gasteiger partial charge >= 0.3 is 0 Å². The van der Waals surface area contributed by atoms with Crippen molar-refractivity contribution in [3.8, 4) is 0 Å². The van der Waals surface area contributed by atoms with Crippen LogP contribution in [0.4, 0.5) is 0 Å². The second kappa shape index (κ2) is 5.33. The van der Waals surface area contributed by atoms with Gasteiger partial charge in [0.15, 0.2) is 0 Å². The highest BCUT2D eigenvalue weighted by molar-refractivity contribution is 5.80. The molecular weight excluding hydrogens is 220 g/mol. The van der Waals surface area contributed by atoms with Gasteiger partial charge in [0.25, 0.3) is 0 Å². The van der Waals surface area contributed by atoms with Crippen molar-refractivity contribution in [2.24, 2.45) is 5.92 Å². The lowest BCUT2D eigenvalue weighted by atomic mass is 10.0. The Morgan fingerprint density at radius 3 is 3.00 bits per heavy atom. The van der Waals surface area contributed by atoms with E-state index < -0.39 is 0 Å². The fourth-order valence-corrected chi connectivity index (χ4v) is 2.03. The molecule has 0 radical (unpaired) electrons. The zero-order valence-electron chi connectivity index (χ0n) is 10.1. The molecule has 1 aliphatic heterocycles. The maximum absolute atomic E-state index is 12.0. The van der Waals surface area contributed by atoms with E-state index in [-0.39, 0.29) is 23.9 Å². The first-order valence-corrected chi connectivity index (χ1v) is 5.81. The summed E-state index contributed by atoms with van der Waals surface area (Å²) in [4.78, 5) is 12.0. The average Bonchev–Trinajstić information content (AvgIpc) is 2.99. The largest absolute Gasteiger partial charge is 0.467 e. The van der Waals surface area contributed by atoms with Crippen LogP contribution in [-0.2, 0) is 9.53 Å². The van der Waals surface area contributed by atoms with Crippen molar-refractivity contribution < 1.29 is 13.9 Å². The van der Waals surface area contributed by atoms with Gasteiger partial charge in [-0.2, -0.15) is 0 Å². The quantitative estimate of drug-likeness (QED) is 0.810. The van der Waals surface area contributed by atoms with Crippen LogP contribution in [0.3, 0.4) is 0 Å². The number of hydrogen-bond donors (Lipinski definition) is 2. The van der Waals surface area contributed by atoms with Crippen LogP contribution in [0.1, 0.15) is 18.7 Å². The fourth-order valence-electron chi connectivity index (χ4n) is 2.03. The van der Waals surface area contributed by atoms with E-state index >= 15 is 0 Å². The lowest BCUT2D eigenvalue weighted by molar-refractivity contribution is -0.126. The van der Waals surface area contributed by atoms with Crippen molar-refractivity contribution in [1.82, 2.24) is 10.6 Å². The molecule has 1 saturated heterocycles. The first kappa shape index (κ1) is 12.1. The van der Waals surface area contributed by atoms with Crippen LogP contribution >= 0.6 is 0 Å². The smallest absolute Gasteiger partial charge is 0.227 e. The number of amides is 1. The molecule has 1 amide bonds. The van der Waals surface area contributed by atoms with Gasteiger partial charge in [-0.1, -0.05) is 0 Å². The zero-order chi connectivity index (χ0) is 12.3. The van der Waals surface area contributed by atoms with E-state index in [4.69, 9.17) is 9.15 Å². The molecule has 94 valence electrons. The molecule has 1 aromatic heterocycles. The molecule has 2 rings (SSSR count). The van der Waals surface area contributed by atoms with Crippen molar-refractivity contribution in [2.75, 3.05) is 20.3 Å². The minimum absolute atomic E-state index is 0.00532. The molecule has 2 heterocycles. The Morgan fingerprint density at radius 2 is 2.35 bits per heavy atom. The molecular formula is C12H18N2O3. The summed E-state index contributed by atoms with van der Waals surface area (Å²) in [5, 5.41) is 6.03. The van der Waals surface area contributed by atoms with E-state index in [1.807, 2.05) is 26.1 Å². The van der Waals surface area contributed by atoms with Crippen molar-refractivity contribution in [3.63, 3.8) is 0 Å². The summed E-state index contributed by atoms with van der Waals surface area (Å²) in [5.41, 5.74) is 0. The van der Waals surface area contributed by atoms with Crippen LogP contribution in [-0.4, -0.2) is 32.2 Å². The van der Waals surface area contributed by atoms with Gasteiger partial charge < -0.3 is 19.8 Å². The zero-order valence-corrected chi connectivity index (χ0v) is 10.1. The molecule has 0 saturated carbocycles. The van der Waals surface area contributed by atoms with Crippen LogP contribution in [0.2, 0.25) is 0 Å². The Balaban J connectivity index is 1.92. The van der Waals surface area contributed by atoms with E-state index in [9.17, 15) is 4.79 Å². The lowest BCUT2D eigenvalue weighted by Gasteiger charge is -2.19. The fraction of sp³-hybridized carbons (Fsp3) is 0.583. The molecule has 5 nitrogen and oxygen atoms in total. The molecule has 0 spiro atoms. The Morgan fingerprint density at radius 1 is 1.53 bits per heavy atom. The second-order valence-corrected chi connectivity index (χ2v) is 4.28. The van der Waals surface area contributed by atoms with Gasteiger partial charge in [-0.25, -0.2) is 0 Å². The summed E-state index contributed by atoms with van der Waals surface area (Å²) in [7, 11) is 1.84. The molecule has 3 unspecified atom stereocenters. The monoisotopic (exact) mass is 238 g/mol. The van der Waals surface area contributed by atoms with E-state index in [2.05, 4.69) is 10.6 Å². The summed E-state index contributed by atoms with van der Waals surface area (Å²) in [6.07, 6.45) is 1.60. The molecule has 1 aliphatic rings. The van der Waals surface area contributed by atoms with Crippen molar-refractivity contribution in [1.29, 1.82) is 0 Å². The van der Waals surface area contributed by atoms with Crippen LogP contribution in [0.5, 0.6) is 0 Å². The van der Waals surface area contributed by atoms with Crippen molar-refractivity contribution in [2.45, 2.75) is 19.0 Å². The number of hydrogen-bond acceptors (Lipinski definition) is 4. The van der Waals surface area contributed by atoms with E-state index in [0.717, 1.165) is 5.76 Å². The molecule has 2 N–H and O–H groups in total. The lowest BCUT2D eigenvalue weighted by Crippen LogP contribution is -2.43. The predicted octanol–water partition coefficient (Wildman–Crippen LogP) is 0.691. The molecule has 1 fully saturated rings. The highest BCUT2D eigenvalue weighted by Gasteiger charge is 2.33. The average molecular weight is 238 g/mol. The normalized spacial score (nSPS) is 25.8. The highest BCUT2D eigenvalue weighted by Crippen LogP contribution is 2.17. The van der Waals surface area contributed by atoms with E-state index in [0.29, 0.717) is 13.2 Å². The molecule has 0 aliphatic carbocycles. The van der Waals surface area contributed by atoms with E-state index in [1.54, 1.807) is 6.26 Å². The maximum Gasteiger partial charge on any atom is 0.227 e. The van der Waals surface area contributed by atoms with Gasteiger partial charge in [-0.15, -0.1) is 0 Å². The Bertz CT molecular complexity index is 364. The van der Waals surface area contributed by atoms with Crippen molar-refractivity contribution >= 4 is 5.91 Å². The number of likely N-dealkylation sites (N-methyl/N-ethyl adjacent to an activating group) is 1. The van der Waals surface area contributed by atoms with Gasteiger partial charge in [0, 0.05) is 6.04 Å². The van der Waals surface area contributed by atoms with Gasteiger partial charge in [-0.05, 0) is 26.1 Å². The minimum Gasteiger partial charge on any atom is -0.467 e. The van der Waals surface area contributed by atoms with E-state index in [1.165, 1.54) is 0 Å². The molecule has 0 aromatic carbocycles. The number of nitrogens with one attached hydrogen (secondary N) is 2.